The van der Waals surface area contributed by atoms with Gasteiger partial charge in [-0.15, -0.1) is 0 Å². The molecule has 15 heavy (non-hydrogen) atoms. The molecule has 2 rings (SSSR count). The van der Waals surface area contributed by atoms with Crippen molar-refractivity contribution in [1.82, 2.24) is 14.9 Å². The summed E-state index contributed by atoms with van der Waals surface area (Å²) in [5.41, 5.74) is 6.48. The third kappa shape index (κ3) is 2.19. The van der Waals surface area contributed by atoms with E-state index < -0.39 is 6.10 Å². The molecule has 1 saturated heterocycles. The molecule has 0 bridgehead atoms. The molecule has 84 valence electrons. The van der Waals surface area contributed by atoms with Crippen molar-refractivity contribution >= 4 is 0 Å². The highest BCUT2D eigenvalue weighted by Gasteiger charge is 2.23. The van der Waals surface area contributed by atoms with E-state index in [0.717, 1.165) is 25.2 Å². The van der Waals surface area contributed by atoms with Gasteiger partial charge in [-0.05, 0) is 20.0 Å². The minimum atomic E-state index is -0.669. The van der Waals surface area contributed by atoms with Gasteiger partial charge in [0.05, 0.1) is 0 Å². The van der Waals surface area contributed by atoms with Crippen LogP contribution in [0, 0.1) is 0 Å². The highest BCUT2D eigenvalue weighted by molar-refractivity contribution is 5.11. The second kappa shape index (κ2) is 4.30. The van der Waals surface area contributed by atoms with Crippen LogP contribution in [0.1, 0.15) is 30.0 Å². The molecule has 0 radical (unpaired) electrons. The Balaban J connectivity index is 2.07. The van der Waals surface area contributed by atoms with Crippen LogP contribution in [0.25, 0.3) is 0 Å². The van der Waals surface area contributed by atoms with E-state index in [1.807, 2.05) is 6.20 Å². The zero-order valence-corrected chi connectivity index (χ0v) is 8.98. The normalized spacial score (nSPS) is 24.6. The van der Waals surface area contributed by atoms with Crippen LogP contribution < -0.4 is 5.73 Å². The van der Waals surface area contributed by atoms with E-state index in [1.165, 1.54) is 0 Å². The number of nitrogens with two attached hydrogens (primary N) is 1. The lowest BCUT2D eigenvalue weighted by atomic mass is 10.1. The van der Waals surface area contributed by atoms with Crippen LogP contribution in [-0.4, -0.2) is 46.7 Å². The molecule has 0 aromatic carbocycles. The first-order chi connectivity index (χ1) is 7.20. The van der Waals surface area contributed by atoms with Crippen molar-refractivity contribution in [3.63, 3.8) is 0 Å². The Morgan fingerprint density at radius 3 is 3.20 bits per heavy atom. The largest absolute Gasteiger partial charge is 0.384 e. The average Bonchev–Trinajstić information content (AvgIpc) is 2.84. The zero-order valence-electron chi connectivity index (χ0n) is 8.98. The Labute approximate surface area is 89.3 Å². The fraction of sp³-hybridized carbons (Fsp3) is 0.700. The molecule has 2 atom stereocenters. The summed E-state index contributed by atoms with van der Waals surface area (Å²) in [5.74, 6) is 1.10. The van der Waals surface area contributed by atoms with Crippen LogP contribution in [0.3, 0.4) is 0 Å². The van der Waals surface area contributed by atoms with Crippen molar-refractivity contribution in [2.45, 2.75) is 18.4 Å². The van der Waals surface area contributed by atoms with Crippen LogP contribution in [0.4, 0.5) is 0 Å². The molecule has 0 spiro atoms. The number of likely N-dealkylation sites (N-methyl/N-ethyl adjacent to an activating group) is 1. The Hall–Kier alpha value is -0.910. The van der Waals surface area contributed by atoms with Crippen LogP contribution in [-0.2, 0) is 0 Å². The Kier molecular flexibility index (Phi) is 3.04. The summed E-state index contributed by atoms with van der Waals surface area (Å²) in [5, 5.41) is 9.51. The Bertz CT molecular complexity index is 325. The van der Waals surface area contributed by atoms with Gasteiger partial charge in [-0.25, -0.2) is 4.98 Å². The van der Waals surface area contributed by atoms with Crippen molar-refractivity contribution in [3.8, 4) is 0 Å². The zero-order chi connectivity index (χ0) is 10.8. The van der Waals surface area contributed by atoms with Crippen LogP contribution in [0.2, 0.25) is 0 Å². The number of nitrogens with zero attached hydrogens (tertiary/aromatic N) is 2. The van der Waals surface area contributed by atoms with Gasteiger partial charge in [0.2, 0.25) is 0 Å². The summed E-state index contributed by atoms with van der Waals surface area (Å²) >= 11 is 0. The lowest BCUT2D eigenvalue weighted by Crippen LogP contribution is -2.14. The Morgan fingerprint density at radius 2 is 2.60 bits per heavy atom. The number of nitrogens with one attached hydrogen (secondary N) is 1. The number of likely N-dealkylation sites (tertiary alicyclic amines) is 1. The molecule has 1 fully saturated rings. The van der Waals surface area contributed by atoms with Gasteiger partial charge in [0.1, 0.15) is 11.9 Å². The summed E-state index contributed by atoms with van der Waals surface area (Å²) in [6, 6.07) is 0. The number of aliphatic hydroxyl groups excluding tert-OH is 1. The fourth-order valence-corrected chi connectivity index (χ4v) is 2.03. The third-order valence-corrected chi connectivity index (χ3v) is 2.99. The van der Waals surface area contributed by atoms with E-state index in [9.17, 15) is 5.11 Å². The van der Waals surface area contributed by atoms with Gasteiger partial charge in [0.15, 0.2) is 0 Å². The van der Waals surface area contributed by atoms with Gasteiger partial charge in [-0.3, -0.25) is 0 Å². The molecule has 1 aromatic heterocycles. The summed E-state index contributed by atoms with van der Waals surface area (Å²) in [6.07, 6.45) is 2.30. The molecule has 0 saturated carbocycles. The molecule has 0 aliphatic carbocycles. The van der Waals surface area contributed by atoms with Crippen LogP contribution in [0.5, 0.6) is 0 Å². The molecule has 4 N–H and O–H groups in total. The number of imidazole rings is 1. The first-order valence-electron chi connectivity index (χ1n) is 5.32. The molecule has 5 heteroatoms. The third-order valence-electron chi connectivity index (χ3n) is 2.99. The maximum Gasteiger partial charge on any atom is 0.136 e. The first-order valence-corrected chi connectivity index (χ1v) is 5.32. The number of aliphatic hydroxyl groups is 1. The predicted molar refractivity (Wildman–Crippen MR) is 57.5 cm³/mol. The summed E-state index contributed by atoms with van der Waals surface area (Å²) in [6.45, 7) is 2.39. The van der Waals surface area contributed by atoms with Gasteiger partial charge in [0, 0.05) is 30.9 Å². The second-order valence-corrected chi connectivity index (χ2v) is 4.22. The fourth-order valence-electron chi connectivity index (χ4n) is 2.03. The SMILES string of the molecule is CN1CCC(c2cnc(C(O)CN)[nH]2)C1. The van der Waals surface area contributed by atoms with E-state index in [1.54, 1.807) is 0 Å². The van der Waals surface area contributed by atoms with Crippen molar-refractivity contribution < 1.29 is 5.11 Å². The molecule has 1 aromatic rings. The highest BCUT2D eigenvalue weighted by atomic mass is 16.3. The molecule has 0 amide bonds. The minimum absolute atomic E-state index is 0.206. The smallest absolute Gasteiger partial charge is 0.136 e. The quantitative estimate of drug-likeness (QED) is 0.647. The van der Waals surface area contributed by atoms with Gasteiger partial charge >= 0.3 is 0 Å². The lowest BCUT2D eigenvalue weighted by molar-refractivity contribution is 0.177. The van der Waals surface area contributed by atoms with E-state index in [4.69, 9.17) is 5.73 Å². The van der Waals surface area contributed by atoms with E-state index in [2.05, 4.69) is 21.9 Å². The maximum atomic E-state index is 9.51. The number of H-pyrrole nitrogens is 1. The van der Waals surface area contributed by atoms with E-state index in [0.29, 0.717) is 11.7 Å². The molecule has 1 aliphatic rings. The van der Waals surface area contributed by atoms with Gasteiger partial charge in [-0.2, -0.15) is 0 Å². The second-order valence-electron chi connectivity index (χ2n) is 4.22. The molecule has 1 aliphatic heterocycles. The van der Waals surface area contributed by atoms with E-state index in [-0.39, 0.29) is 6.54 Å². The van der Waals surface area contributed by atoms with Gasteiger partial charge in [-0.1, -0.05) is 0 Å². The van der Waals surface area contributed by atoms with Gasteiger partial charge < -0.3 is 20.7 Å². The highest BCUT2D eigenvalue weighted by Crippen LogP contribution is 2.25. The van der Waals surface area contributed by atoms with Crippen molar-refractivity contribution in [3.05, 3.63) is 17.7 Å². The average molecular weight is 210 g/mol. The van der Waals surface area contributed by atoms with E-state index >= 15 is 0 Å². The molecular formula is C10H18N4O. The minimum Gasteiger partial charge on any atom is -0.384 e. The number of aromatic nitrogens is 2. The molecule has 2 unspecified atom stereocenters. The van der Waals surface area contributed by atoms with Crippen LogP contribution in [0.15, 0.2) is 6.20 Å². The lowest BCUT2D eigenvalue weighted by Gasteiger charge is -2.08. The topological polar surface area (TPSA) is 78.2 Å². The Morgan fingerprint density at radius 1 is 1.80 bits per heavy atom. The summed E-state index contributed by atoms with van der Waals surface area (Å²) < 4.78 is 0. The predicted octanol–water partition coefficient (Wildman–Crippen LogP) is -0.179. The summed E-state index contributed by atoms with van der Waals surface area (Å²) in [4.78, 5) is 9.61. The molecule has 5 nitrogen and oxygen atoms in total. The molecule has 2 heterocycles. The number of aromatic amines is 1. The van der Waals surface area contributed by atoms with Gasteiger partial charge in [0.25, 0.3) is 0 Å². The first kappa shape index (κ1) is 10.6. The van der Waals surface area contributed by atoms with Crippen LogP contribution >= 0.6 is 0 Å². The standard InChI is InChI=1S/C10H18N4O/c1-14-3-2-7(6-14)8-5-12-10(13-8)9(15)4-11/h5,7,9,15H,2-4,6,11H2,1H3,(H,12,13). The van der Waals surface area contributed by atoms with Crippen molar-refractivity contribution in [1.29, 1.82) is 0 Å². The monoisotopic (exact) mass is 210 g/mol. The van der Waals surface area contributed by atoms with Crippen molar-refractivity contribution in [2.75, 3.05) is 26.7 Å². The number of hydrogen-bond acceptors (Lipinski definition) is 4. The summed E-state index contributed by atoms with van der Waals surface area (Å²) in [7, 11) is 2.12. The van der Waals surface area contributed by atoms with Crippen molar-refractivity contribution in [2.24, 2.45) is 5.73 Å². The maximum absolute atomic E-state index is 9.51. The molecular weight excluding hydrogens is 192 g/mol. The number of hydrogen-bond donors (Lipinski definition) is 3. The number of rotatable bonds is 3.